The number of hydrogen-bond acceptors (Lipinski definition) is 6. The third-order valence-electron chi connectivity index (χ3n) is 2.23. The van der Waals surface area contributed by atoms with E-state index in [4.69, 9.17) is 4.74 Å². The molecule has 0 unspecified atom stereocenters. The summed E-state index contributed by atoms with van der Waals surface area (Å²) in [7, 11) is -3.51. The van der Waals surface area contributed by atoms with Crippen molar-refractivity contribution in [3.05, 3.63) is 44.0 Å². The highest BCUT2D eigenvalue weighted by atomic mass is 127. The van der Waals surface area contributed by atoms with E-state index in [-0.39, 0.29) is 15.0 Å². The van der Waals surface area contributed by atoms with Crippen molar-refractivity contribution in [2.24, 2.45) is 0 Å². The zero-order chi connectivity index (χ0) is 14.9. The summed E-state index contributed by atoms with van der Waals surface area (Å²) in [5.74, 6) is 0.418. The van der Waals surface area contributed by atoms with Crippen molar-refractivity contribution < 1.29 is 18.1 Å². The smallest absolute Gasteiger partial charge is 0.324 e. The zero-order valence-electron chi connectivity index (χ0n) is 10.1. The van der Waals surface area contributed by atoms with E-state index in [2.05, 4.69) is 22.6 Å². The lowest BCUT2D eigenvalue weighted by Crippen LogP contribution is -1.92. The van der Waals surface area contributed by atoms with Crippen LogP contribution in [0.25, 0.3) is 0 Å². The third-order valence-corrected chi connectivity index (χ3v) is 5.70. The normalized spacial score (nSPS) is 11.3. The first-order valence-corrected chi connectivity index (χ1v) is 8.98. The van der Waals surface area contributed by atoms with Crippen molar-refractivity contribution in [1.29, 1.82) is 0 Å². The Hall–Kier alpha value is -1.20. The Kier molecular flexibility index (Phi) is 4.30. The summed E-state index contributed by atoms with van der Waals surface area (Å²) in [5, 5.41) is 10.9. The second-order valence-corrected chi connectivity index (χ2v) is 8.33. The van der Waals surface area contributed by atoms with Crippen LogP contribution in [0.3, 0.4) is 0 Å². The van der Waals surface area contributed by atoms with Gasteiger partial charge >= 0.3 is 5.69 Å². The first kappa shape index (κ1) is 15.2. The fraction of sp³-hybridized carbons (Fsp3) is 0.0909. The number of ether oxygens (including phenoxy) is 1. The van der Waals surface area contributed by atoms with E-state index in [1.807, 2.05) is 6.07 Å². The van der Waals surface area contributed by atoms with Gasteiger partial charge in [-0.15, -0.1) is 0 Å². The van der Waals surface area contributed by atoms with Gasteiger partial charge in [-0.05, 0) is 40.8 Å². The van der Waals surface area contributed by atoms with Gasteiger partial charge in [-0.3, -0.25) is 10.1 Å². The minimum atomic E-state index is -3.51. The lowest BCUT2D eigenvalue weighted by Gasteiger charge is -2.02. The number of nitro groups is 1. The van der Waals surface area contributed by atoms with Crippen LogP contribution in [0.5, 0.6) is 10.8 Å². The number of nitrogens with zero attached hydrogens (tertiary/aromatic N) is 1. The number of thiophene rings is 1. The van der Waals surface area contributed by atoms with Gasteiger partial charge in [0, 0.05) is 15.9 Å². The van der Waals surface area contributed by atoms with Gasteiger partial charge in [0.1, 0.15) is 9.96 Å². The Morgan fingerprint density at radius 3 is 2.60 bits per heavy atom. The SMILES string of the molecule is CS(=O)(=O)c1cc([N+](=O)[O-])c(Oc2cccc(I)c2)s1. The number of benzene rings is 1. The number of rotatable bonds is 4. The molecule has 0 spiro atoms. The van der Waals surface area contributed by atoms with Crippen molar-refractivity contribution >= 4 is 49.5 Å². The van der Waals surface area contributed by atoms with Crippen molar-refractivity contribution in [3.63, 3.8) is 0 Å². The van der Waals surface area contributed by atoms with E-state index < -0.39 is 14.8 Å². The standard InChI is InChI=1S/C11H8INO5S2/c1-20(16,17)10-6-9(13(14)15)11(19-10)18-8-4-2-3-7(12)5-8/h2-6H,1H3. The first-order chi connectivity index (χ1) is 9.27. The van der Waals surface area contributed by atoms with Crippen LogP contribution in [0.2, 0.25) is 0 Å². The lowest BCUT2D eigenvalue weighted by molar-refractivity contribution is -0.385. The zero-order valence-corrected chi connectivity index (χ0v) is 13.9. The van der Waals surface area contributed by atoms with Crippen LogP contribution < -0.4 is 4.74 Å². The topological polar surface area (TPSA) is 86.5 Å². The molecule has 0 saturated heterocycles. The van der Waals surface area contributed by atoms with Crippen LogP contribution in [-0.4, -0.2) is 19.6 Å². The highest BCUT2D eigenvalue weighted by Gasteiger charge is 2.25. The predicted molar refractivity (Wildman–Crippen MR) is 83.3 cm³/mol. The minimum Gasteiger partial charge on any atom is -0.440 e. The molecule has 0 fully saturated rings. The average molecular weight is 425 g/mol. The highest BCUT2D eigenvalue weighted by Crippen LogP contribution is 2.41. The molecule has 1 aromatic heterocycles. The molecule has 106 valence electrons. The maximum Gasteiger partial charge on any atom is 0.324 e. The molecule has 0 aliphatic heterocycles. The largest absolute Gasteiger partial charge is 0.440 e. The van der Waals surface area contributed by atoms with E-state index in [1.165, 1.54) is 0 Å². The third kappa shape index (κ3) is 3.46. The van der Waals surface area contributed by atoms with E-state index >= 15 is 0 Å². The van der Waals surface area contributed by atoms with Crippen molar-refractivity contribution in [2.75, 3.05) is 6.26 Å². The van der Waals surface area contributed by atoms with Crippen LogP contribution in [0.15, 0.2) is 34.5 Å². The quantitative estimate of drug-likeness (QED) is 0.426. The molecule has 0 saturated carbocycles. The van der Waals surface area contributed by atoms with Crippen LogP contribution in [0, 0.1) is 13.7 Å². The van der Waals surface area contributed by atoms with Crippen LogP contribution in [-0.2, 0) is 9.84 Å². The lowest BCUT2D eigenvalue weighted by atomic mass is 10.3. The highest BCUT2D eigenvalue weighted by molar-refractivity contribution is 14.1. The molecular formula is C11H8INO5S2. The van der Waals surface area contributed by atoms with E-state index in [0.29, 0.717) is 5.75 Å². The number of sulfone groups is 1. The molecule has 0 amide bonds. The van der Waals surface area contributed by atoms with Gasteiger partial charge in [-0.2, -0.15) is 0 Å². The Balaban J connectivity index is 2.45. The van der Waals surface area contributed by atoms with E-state index in [0.717, 1.165) is 27.2 Å². The monoisotopic (exact) mass is 425 g/mol. The summed E-state index contributed by atoms with van der Waals surface area (Å²) in [5.41, 5.74) is -0.353. The molecular weight excluding hydrogens is 417 g/mol. The molecule has 1 heterocycles. The van der Waals surface area contributed by atoms with Gasteiger partial charge in [0.2, 0.25) is 0 Å². The van der Waals surface area contributed by atoms with Crippen LogP contribution in [0.1, 0.15) is 0 Å². The van der Waals surface area contributed by atoms with Gasteiger partial charge in [0.05, 0.1) is 4.92 Å². The molecule has 0 atom stereocenters. The summed E-state index contributed by atoms with van der Waals surface area (Å²) < 4.78 is 29.2. The summed E-state index contributed by atoms with van der Waals surface area (Å²) >= 11 is 2.82. The Labute approximate surface area is 132 Å². The molecule has 0 bridgehead atoms. The van der Waals surface area contributed by atoms with Crippen LogP contribution in [0.4, 0.5) is 5.69 Å². The number of halogens is 1. The summed E-state index contributed by atoms with van der Waals surface area (Å²) in [4.78, 5) is 10.3. The Bertz CT molecular complexity index is 769. The fourth-order valence-electron chi connectivity index (χ4n) is 1.36. The van der Waals surface area contributed by atoms with Crippen molar-refractivity contribution in [1.82, 2.24) is 0 Å². The summed E-state index contributed by atoms with van der Waals surface area (Å²) in [6, 6.07) is 7.95. The molecule has 0 aliphatic rings. The molecule has 0 N–H and O–H groups in total. The Morgan fingerprint density at radius 2 is 2.05 bits per heavy atom. The molecule has 1 aromatic carbocycles. The maximum absolute atomic E-state index is 11.5. The molecule has 0 aliphatic carbocycles. The van der Waals surface area contributed by atoms with E-state index in [1.54, 1.807) is 18.2 Å². The van der Waals surface area contributed by atoms with Gasteiger partial charge in [-0.25, -0.2) is 8.42 Å². The molecule has 2 aromatic rings. The van der Waals surface area contributed by atoms with Gasteiger partial charge in [0.15, 0.2) is 9.84 Å². The fourth-order valence-corrected chi connectivity index (χ4v) is 3.77. The van der Waals surface area contributed by atoms with Crippen molar-refractivity contribution in [3.8, 4) is 10.8 Å². The van der Waals surface area contributed by atoms with Gasteiger partial charge < -0.3 is 4.74 Å². The minimum absolute atomic E-state index is 0.0441. The van der Waals surface area contributed by atoms with E-state index in [9.17, 15) is 18.5 Å². The summed E-state index contributed by atoms with van der Waals surface area (Å²) in [6.07, 6.45) is 0.998. The number of hydrogen-bond donors (Lipinski definition) is 0. The van der Waals surface area contributed by atoms with Crippen LogP contribution >= 0.6 is 33.9 Å². The average Bonchev–Trinajstić information content (AvgIpc) is 2.72. The maximum atomic E-state index is 11.5. The molecule has 6 nitrogen and oxygen atoms in total. The Morgan fingerprint density at radius 1 is 1.35 bits per heavy atom. The second kappa shape index (κ2) is 5.66. The first-order valence-electron chi connectivity index (χ1n) is 5.19. The molecule has 9 heteroatoms. The second-order valence-electron chi connectivity index (χ2n) is 3.83. The molecule has 20 heavy (non-hydrogen) atoms. The predicted octanol–water partition coefficient (Wildman–Crippen LogP) is 3.46. The molecule has 2 rings (SSSR count). The van der Waals surface area contributed by atoms with Gasteiger partial charge in [0.25, 0.3) is 5.06 Å². The molecule has 0 radical (unpaired) electrons. The van der Waals surface area contributed by atoms with Crippen molar-refractivity contribution in [2.45, 2.75) is 4.21 Å². The van der Waals surface area contributed by atoms with Gasteiger partial charge in [-0.1, -0.05) is 17.4 Å². The summed E-state index contributed by atoms with van der Waals surface area (Å²) in [6.45, 7) is 0.